The van der Waals surface area contributed by atoms with Gasteiger partial charge in [-0.15, -0.1) is 0 Å². The van der Waals surface area contributed by atoms with Gasteiger partial charge in [0, 0.05) is 36.9 Å². The molecule has 4 rings (SSSR count). The fourth-order valence-electron chi connectivity index (χ4n) is 3.63. The number of nitrogens with one attached hydrogen (secondary N) is 1. The summed E-state index contributed by atoms with van der Waals surface area (Å²) in [5.41, 5.74) is 0.363. The average Bonchev–Trinajstić information content (AvgIpc) is 2.79. The summed E-state index contributed by atoms with van der Waals surface area (Å²) in [6.45, 7) is 0.836. The number of sulfonamides is 1. The lowest BCUT2D eigenvalue weighted by Gasteiger charge is -2.35. The van der Waals surface area contributed by atoms with Crippen molar-refractivity contribution in [2.45, 2.75) is 4.90 Å². The van der Waals surface area contributed by atoms with Gasteiger partial charge < -0.3 is 10.2 Å². The van der Waals surface area contributed by atoms with Crippen molar-refractivity contribution >= 4 is 38.9 Å². The first-order chi connectivity index (χ1) is 15.8. The number of hydrogen-bond acceptors (Lipinski definition) is 4. The minimum absolute atomic E-state index is 0.123. The van der Waals surface area contributed by atoms with Gasteiger partial charge in [0.05, 0.1) is 16.1 Å². The highest BCUT2D eigenvalue weighted by atomic mass is 35.5. The Kier molecular flexibility index (Phi) is 6.64. The van der Waals surface area contributed by atoms with Gasteiger partial charge in [0.1, 0.15) is 11.6 Å². The Bertz CT molecular complexity index is 1300. The summed E-state index contributed by atoms with van der Waals surface area (Å²) in [7, 11) is -3.98. The Hall–Kier alpha value is -3.01. The molecule has 0 aromatic heterocycles. The number of piperazine rings is 1. The van der Waals surface area contributed by atoms with Crippen molar-refractivity contribution in [1.82, 2.24) is 4.31 Å². The number of hydrogen-bond donors (Lipinski definition) is 1. The molecule has 0 aliphatic carbocycles. The van der Waals surface area contributed by atoms with Crippen LogP contribution >= 0.6 is 11.6 Å². The van der Waals surface area contributed by atoms with Crippen LogP contribution in [0.3, 0.4) is 0 Å². The van der Waals surface area contributed by atoms with Gasteiger partial charge >= 0.3 is 0 Å². The largest absolute Gasteiger partial charge is 0.367 e. The first kappa shape index (κ1) is 23.2. The number of rotatable bonds is 5. The van der Waals surface area contributed by atoms with E-state index in [-0.39, 0.29) is 23.8 Å². The number of amides is 1. The Labute approximate surface area is 195 Å². The van der Waals surface area contributed by atoms with E-state index in [4.69, 9.17) is 11.6 Å². The molecular formula is C23H20ClF2N3O3S. The molecule has 33 heavy (non-hydrogen) atoms. The van der Waals surface area contributed by atoms with Gasteiger partial charge in [0.15, 0.2) is 0 Å². The van der Waals surface area contributed by atoms with E-state index in [9.17, 15) is 22.0 Å². The maximum absolute atomic E-state index is 14.4. The van der Waals surface area contributed by atoms with E-state index in [1.165, 1.54) is 16.4 Å². The molecule has 1 amide bonds. The summed E-state index contributed by atoms with van der Waals surface area (Å²) in [5, 5.41) is 2.90. The van der Waals surface area contributed by atoms with Crippen molar-refractivity contribution in [3.63, 3.8) is 0 Å². The first-order valence-corrected chi connectivity index (χ1v) is 11.9. The number of benzene rings is 3. The lowest BCUT2D eigenvalue weighted by Crippen LogP contribution is -2.48. The summed E-state index contributed by atoms with van der Waals surface area (Å²) in [6.07, 6.45) is 0. The van der Waals surface area contributed by atoms with Gasteiger partial charge in [-0.25, -0.2) is 17.2 Å². The second-order valence-electron chi connectivity index (χ2n) is 7.45. The molecule has 1 aliphatic heterocycles. The highest BCUT2D eigenvalue weighted by Gasteiger charge is 2.30. The fourth-order valence-corrected chi connectivity index (χ4v) is 5.27. The summed E-state index contributed by atoms with van der Waals surface area (Å²) in [6, 6.07) is 15.7. The maximum atomic E-state index is 14.4. The van der Waals surface area contributed by atoms with Crippen LogP contribution < -0.4 is 10.2 Å². The highest BCUT2D eigenvalue weighted by Crippen LogP contribution is 2.25. The van der Waals surface area contributed by atoms with E-state index in [0.29, 0.717) is 29.5 Å². The van der Waals surface area contributed by atoms with Crippen molar-refractivity contribution in [1.29, 1.82) is 0 Å². The lowest BCUT2D eigenvalue weighted by atomic mass is 10.2. The molecule has 0 atom stereocenters. The Morgan fingerprint density at radius 1 is 0.879 bits per heavy atom. The Balaban J connectivity index is 1.51. The monoisotopic (exact) mass is 491 g/mol. The number of carbonyl (C=O) groups is 1. The summed E-state index contributed by atoms with van der Waals surface area (Å²) >= 11 is 5.90. The second kappa shape index (κ2) is 9.46. The fraction of sp³-hybridized carbons (Fsp3) is 0.174. The maximum Gasteiger partial charge on any atom is 0.258 e. The zero-order chi connectivity index (χ0) is 23.6. The van der Waals surface area contributed by atoms with Crippen LogP contribution in [-0.2, 0) is 10.0 Å². The summed E-state index contributed by atoms with van der Waals surface area (Å²) in [5.74, 6) is -2.02. The predicted octanol–water partition coefficient (Wildman–Crippen LogP) is 4.38. The van der Waals surface area contributed by atoms with Crippen molar-refractivity contribution < 1.29 is 22.0 Å². The molecule has 0 spiro atoms. The third kappa shape index (κ3) is 5.00. The second-order valence-corrected chi connectivity index (χ2v) is 9.82. The summed E-state index contributed by atoms with van der Waals surface area (Å²) in [4.78, 5) is 14.2. The van der Waals surface area contributed by atoms with E-state index in [2.05, 4.69) is 5.32 Å². The Morgan fingerprint density at radius 3 is 2.30 bits per heavy atom. The number of nitrogens with zero attached hydrogens (tertiary/aromatic N) is 2. The standard InChI is InChI=1S/C23H20ClF2N3O3S/c24-16-4-3-5-17(14-16)27-23(30)19-15-18(8-9-20(19)25)33(31,32)29-12-10-28(11-13-29)22-7-2-1-6-21(22)26/h1-9,14-15H,10-13H2,(H,27,30). The van der Waals surface area contributed by atoms with Gasteiger partial charge in [-0.1, -0.05) is 29.8 Å². The Morgan fingerprint density at radius 2 is 1.61 bits per heavy atom. The van der Waals surface area contributed by atoms with E-state index in [0.717, 1.165) is 18.2 Å². The van der Waals surface area contributed by atoms with E-state index in [1.807, 2.05) is 0 Å². The molecule has 3 aromatic rings. The van der Waals surface area contributed by atoms with Crippen molar-refractivity contribution in [2.24, 2.45) is 0 Å². The number of anilines is 2. The zero-order valence-corrected chi connectivity index (χ0v) is 18.9. The molecule has 6 nitrogen and oxygen atoms in total. The van der Waals surface area contributed by atoms with Crippen LogP contribution in [0.15, 0.2) is 71.6 Å². The normalized spacial score (nSPS) is 14.8. The molecule has 10 heteroatoms. The molecule has 1 heterocycles. The molecule has 0 bridgehead atoms. The molecule has 172 valence electrons. The highest BCUT2D eigenvalue weighted by molar-refractivity contribution is 7.89. The van der Waals surface area contributed by atoms with Crippen LogP contribution in [0.2, 0.25) is 5.02 Å². The minimum atomic E-state index is -3.98. The molecule has 0 radical (unpaired) electrons. The lowest BCUT2D eigenvalue weighted by molar-refractivity contribution is 0.102. The molecule has 1 aliphatic rings. The SMILES string of the molecule is O=C(Nc1cccc(Cl)c1)c1cc(S(=O)(=O)N2CCN(c3ccccc3F)CC2)ccc1F. The number of halogens is 3. The number of para-hydroxylation sites is 1. The molecule has 1 saturated heterocycles. The van der Waals surface area contributed by atoms with E-state index >= 15 is 0 Å². The van der Waals surface area contributed by atoms with Crippen molar-refractivity contribution in [3.8, 4) is 0 Å². The van der Waals surface area contributed by atoms with E-state index < -0.39 is 27.3 Å². The van der Waals surface area contributed by atoms with Crippen molar-refractivity contribution in [3.05, 3.63) is 89.0 Å². The smallest absolute Gasteiger partial charge is 0.258 e. The predicted molar refractivity (Wildman–Crippen MR) is 123 cm³/mol. The molecule has 1 N–H and O–H groups in total. The topological polar surface area (TPSA) is 69.7 Å². The molecule has 3 aromatic carbocycles. The van der Waals surface area contributed by atoms with Crippen LogP contribution in [0.1, 0.15) is 10.4 Å². The first-order valence-electron chi connectivity index (χ1n) is 10.1. The van der Waals surface area contributed by atoms with Gasteiger partial charge in [-0.3, -0.25) is 4.79 Å². The third-order valence-corrected chi connectivity index (χ3v) is 7.46. The summed E-state index contributed by atoms with van der Waals surface area (Å²) < 4.78 is 56.0. The van der Waals surface area contributed by atoms with Crippen LogP contribution in [0.25, 0.3) is 0 Å². The van der Waals surface area contributed by atoms with E-state index in [1.54, 1.807) is 41.3 Å². The average molecular weight is 492 g/mol. The molecular weight excluding hydrogens is 472 g/mol. The van der Waals surface area contributed by atoms with Gasteiger partial charge in [-0.2, -0.15) is 4.31 Å². The van der Waals surface area contributed by atoms with Gasteiger partial charge in [0.25, 0.3) is 5.91 Å². The van der Waals surface area contributed by atoms with Crippen LogP contribution in [0, 0.1) is 11.6 Å². The molecule has 0 saturated carbocycles. The van der Waals surface area contributed by atoms with Crippen molar-refractivity contribution in [2.75, 3.05) is 36.4 Å². The minimum Gasteiger partial charge on any atom is -0.367 e. The van der Waals surface area contributed by atoms with Crippen LogP contribution in [0.4, 0.5) is 20.2 Å². The van der Waals surface area contributed by atoms with Gasteiger partial charge in [0.2, 0.25) is 10.0 Å². The van der Waals surface area contributed by atoms with Gasteiger partial charge in [-0.05, 0) is 48.5 Å². The molecule has 1 fully saturated rings. The zero-order valence-electron chi connectivity index (χ0n) is 17.3. The third-order valence-electron chi connectivity index (χ3n) is 5.33. The number of carbonyl (C=O) groups excluding carboxylic acids is 1. The quantitative estimate of drug-likeness (QED) is 0.575. The van der Waals surface area contributed by atoms with Crippen LogP contribution in [-0.4, -0.2) is 44.8 Å². The molecule has 0 unspecified atom stereocenters. The van der Waals surface area contributed by atoms with Crippen LogP contribution in [0.5, 0.6) is 0 Å².